The van der Waals surface area contributed by atoms with Gasteiger partial charge in [0.1, 0.15) is 18.4 Å². The summed E-state index contributed by atoms with van der Waals surface area (Å²) in [5.41, 5.74) is 1.52. The molecule has 0 aromatic heterocycles. The molecule has 2 amide bonds. The van der Waals surface area contributed by atoms with Crippen molar-refractivity contribution >= 4 is 11.8 Å². The van der Waals surface area contributed by atoms with Crippen LogP contribution < -0.4 is 15.4 Å². The minimum atomic E-state index is -0.638. The molecule has 1 heterocycles. The molecular formula is C26H35N3O3. The number of nitrogens with zero attached hydrogens (tertiary/aromatic N) is 1. The number of nitrogens with one attached hydrogen (secondary N) is 2. The first-order chi connectivity index (χ1) is 15.7. The minimum Gasteiger partial charge on any atom is -0.492 e. The summed E-state index contributed by atoms with van der Waals surface area (Å²) < 4.78 is 5.87. The normalized spacial score (nSPS) is 14.7. The van der Waals surface area contributed by atoms with Gasteiger partial charge in [-0.2, -0.15) is 0 Å². The number of benzene rings is 2. The van der Waals surface area contributed by atoms with E-state index in [0.717, 1.165) is 30.7 Å². The second-order valence-corrected chi connectivity index (χ2v) is 8.28. The number of rotatable bonds is 12. The highest BCUT2D eigenvalue weighted by Gasteiger charge is 2.21. The summed E-state index contributed by atoms with van der Waals surface area (Å²) in [6.07, 6.45) is 4.89. The third kappa shape index (κ3) is 7.68. The molecule has 1 atom stereocenters. The van der Waals surface area contributed by atoms with Crippen molar-refractivity contribution in [2.24, 2.45) is 0 Å². The van der Waals surface area contributed by atoms with Crippen LogP contribution in [0, 0.1) is 0 Å². The molecule has 6 heteroatoms. The number of hydrogen-bond acceptors (Lipinski definition) is 4. The molecule has 1 aliphatic heterocycles. The van der Waals surface area contributed by atoms with Crippen LogP contribution in [0.1, 0.15) is 48.5 Å². The maximum atomic E-state index is 12.8. The Balaban J connectivity index is 1.57. The lowest BCUT2D eigenvalue weighted by Gasteiger charge is -2.19. The molecule has 2 N–H and O–H groups in total. The second kappa shape index (κ2) is 12.9. The van der Waals surface area contributed by atoms with E-state index in [0.29, 0.717) is 25.1 Å². The predicted molar refractivity (Wildman–Crippen MR) is 127 cm³/mol. The van der Waals surface area contributed by atoms with Crippen molar-refractivity contribution in [2.45, 2.75) is 45.1 Å². The van der Waals surface area contributed by atoms with Crippen LogP contribution in [0.25, 0.3) is 0 Å². The highest BCUT2D eigenvalue weighted by Crippen LogP contribution is 2.15. The summed E-state index contributed by atoms with van der Waals surface area (Å²) >= 11 is 0. The number of carbonyl (C=O) groups excluding carboxylic acids is 2. The largest absolute Gasteiger partial charge is 0.492 e. The molecule has 0 aliphatic carbocycles. The van der Waals surface area contributed by atoms with E-state index < -0.39 is 6.04 Å². The van der Waals surface area contributed by atoms with E-state index in [2.05, 4.69) is 22.5 Å². The molecule has 0 radical (unpaired) electrons. The first-order valence-electron chi connectivity index (χ1n) is 11.7. The van der Waals surface area contributed by atoms with Crippen LogP contribution in [0.15, 0.2) is 54.6 Å². The van der Waals surface area contributed by atoms with Gasteiger partial charge in [-0.25, -0.2) is 0 Å². The standard InChI is InChI=1S/C26H35N3O3/c1-2-3-15-27-26(31)24(28-25(30)22-9-5-4-6-10-22)20-21-11-13-23(14-12-21)32-19-18-29-16-7-8-17-29/h4-6,9-14,24H,2-3,7-8,15-20H2,1H3,(H,27,31)(H,28,30). The highest BCUT2D eigenvalue weighted by molar-refractivity contribution is 5.97. The minimum absolute atomic E-state index is 0.159. The van der Waals surface area contributed by atoms with Crippen LogP contribution >= 0.6 is 0 Å². The van der Waals surface area contributed by atoms with Crippen LogP contribution in [-0.2, 0) is 11.2 Å². The molecule has 2 aromatic rings. The molecule has 0 spiro atoms. The molecule has 6 nitrogen and oxygen atoms in total. The predicted octanol–water partition coefficient (Wildman–Crippen LogP) is 3.42. The van der Waals surface area contributed by atoms with E-state index in [4.69, 9.17) is 4.74 Å². The van der Waals surface area contributed by atoms with Gasteiger partial charge in [-0.15, -0.1) is 0 Å². The van der Waals surface area contributed by atoms with Gasteiger partial charge in [-0.3, -0.25) is 14.5 Å². The van der Waals surface area contributed by atoms with Gasteiger partial charge in [0.05, 0.1) is 0 Å². The van der Waals surface area contributed by atoms with Crippen LogP contribution in [0.4, 0.5) is 0 Å². The Morgan fingerprint density at radius 3 is 2.44 bits per heavy atom. The zero-order valence-corrected chi connectivity index (χ0v) is 19.0. The number of likely N-dealkylation sites (tertiary alicyclic amines) is 1. The molecule has 1 unspecified atom stereocenters. The molecule has 1 saturated heterocycles. The SMILES string of the molecule is CCCCNC(=O)C(Cc1ccc(OCCN2CCCC2)cc1)NC(=O)c1ccccc1. The summed E-state index contributed by atoms with van der Waals surface area (Å²) in [7, 11) is 0. The molecule has 32 heavy (non-hydrogen) atoms. The number of carbonyl (C=O) groups is 2. The third-order valence-electron chi connectivity index (χ3n) is 5.73. The van der Waals surface area contributed by atoms with E-state index in [9.17, 15) is 9.59 Å². The quantitative estimate of drug-likeness (QED) is 0.499. The van der Waals surface area contributed by atoms with Crippen molar-refractivity contribution < 1.29 is 14.3 Å². The molecule has 0 bridgehead atoms. The van der Waals surface area contributed by atoms with Crippen LogP contribution in [0.5, 0.6) is 5.75 Å². The molecule has 1 fully saturated rings. The summed E-state index contributed by atoms with van der Waals surface area (Å²) in [6, 6.07) is 16.1. The van der Waals surface area contributed by atoms with E-state index in [1.54, 1.807) is 12.1 Å². The fourth-order valence-electron chi connectivity index (χ4n) is 3.81. The summed E-state index contributed by atoms with van der Waals surface area (Å²) in [5.74, 6) is 0.419. The maximum absolute atomic E-state index is 12.8. The lowest BCUT2D eigenvalue weighted by Crippen LogP contribution is -2.48. The van der Waals surface area contributed by atoms with E-state index in [1.807, 2.05) is 42.5 Å². The number of unbranched alkanes of at least 4 members (excludes halogenated alkanes) is 1. The topological polar surface area (TPSA) is 70.7 Å². The number of hydrogen-bond donors (Lipinski definition) is 2. The van der Waals surface area contributed by atoms with Gasteiger partial charge >= 0.3 is 0 Å². The zero-order chi connectivity index (χ0) is 22.6. The van der Waals surface area contributed by atoms with Crippen LogP contribution in [-0.4, -0.2) is 55.5 Å². The summed E-state index contributed by atoms with van der Waals surface area (Å²) in [5, 5.41) is 5.84. The number of ether oxygens (including phenoxy) is 1. The lowest BCUT2D eigenvalue weighted by atomic mass is 10.0. The molecule has 0 saturated carbocycles. The molecular weight excluding hydrogens is 402 g/mol. The Kier molecular flexibility index (Phi) is 9.57. The first kappa shape index (κ1) is 23.8. The molecule has 1 aliphatic rings. The number of amides is 2. The average Bonchev–Trinajstić information content (AvgIpc) is 3.34. The smallest absolute Gasteiger partial charge is 0.251 e. The average molecular weight is 438 g/mol. The Morgan fingerprint density at radius 2 is 1.75 bits per heavy atom. The fourth-order valence-corrected chi connectivity index (χ4v) is 3.81. The van der Waals surface area contributed by atoms with Crippen LogP contribution in [0.3, 0.4) is 0 Å². The zero-order valence-electron chi connectivity index (χ0n) is 19.0. The van der Waals surface area contributed by atoms with Crippen molar-refractivity contribution in [1.29, 1.82) is 0 Å². The molecule has 3 rings (SSSR count). The van der Waals surface area contributed by atoms with Crippen LogP contribution in [0.2, 0.25) is 0 Å². The van der Waals surface area contributed by atoms with Crippen molar-refractivity contribution in [3.05, 3.63) is 65.7 Å². The van der Waals surface area contributed by atoms with Crippen molar-refractivity contribution in [2.75, 3.05) is 32.8 Å². The van der Waals surface area contributed by atoms with Gasteiger partial charge < -0.3 is 15.4 Å². The summed E-state index contributed by atoms with van der Waals surface area (Å²) in [6.45, 7) is 6.64. The maximum Gasteiger partial charge on any atom is 0.251 e. The van der Waals surface area contributed by atoms with Gasteiger partial charge in [0.25, 0.3) is 5.91 Å². The van der Waals surface area contributed by atoms with Crippen molar-refractivity contribution in [3.63, 3.8) is 0 Å². The second-order valence-electron chi connectivity index (χ2n) is 8.28. The third-order valence-corrected chi connectivity index (χ3v) is 5.73. The van der Waals surface area contributed by atoms with Gasteiger partial charge in [0, 0.05) is 25.1 Å². The van der Waals surface area contributed by atoms with E-state index in [1.165, 1.54) is 25.9 Å². The summed E-state index contributed by atoms with van der Waals surface area (Å²) in [4.78, 5) is 27.8. The van der Waals surface area contributed by atoms with Gasteiger partial charge in [0.15, 0.2) is 0 Å². The molecule has 2 aromatic carbocycles. The monoisotopic (exact) mass is 437 g/mol. The molecule has 172 valence electrons. The first-order valence-corrected chi connectivity index (χ1v) is 11.7. The fraction of sp³-hybridized carbons (Fsp3) is 0.462. The Morgan fingerprint density at radius 1 is 1.03 bits per heavy atom. The van der Waals surface area contributed by atoms with E-state index in [-0.39, 0.29) is 11.8 Å². The van der Waals surface area contributed by atoms with Crippen molar-refractivity contribution in [3.8, 4) is 5.75 Å². The Bertz CT molecular complexity index is 833. The highest BCUT2D eigenvalue weighted by atomic mass is 16.5. The lowest BCUT2D eigenvalue weighted by molar-refractivity contribution is -0.122. The van der Waals surface area contributed by atoms with Gasteiger partial charge in [-0.1, -0.05) is 43.7 Å². The van der Waals surface area contributed by atoms with Gasteiger partial charge in [-0.05, 0) is 62.2 Å². The Hall–Kier alpha value is -2.86. The van der Waals surface area contributed by atoms with Gasteiger partial charge in [0.2, 0.25) is 5.91 Å². The van der Waals surface area contributed by atoms with E-state index >= 15 is 0 Å². The Labute approximate surface area is 191 Å². The van der Waals surface area contributed by atoms with Crippen molar-refractivity contribution in [1.82, 2.24) is 15.5 Å².